The molecule has 0 aromatic carbocycles. The maximum atomic E-state index is 12.7. The van der Waals surface area contributed by atoms with Gasteiger partial charge in [0.1, 0.15) is 6.04 Å². The number of hydrogen-bond acceptors (Lipinski definition) is 6. The molecule has 5 N–H and O–H groups in total. The molecule has 0 bridgehead atoms. The van der Waals surface area contributed by atoms with Crippen LogP contribution in [0.1, 0.15) is 67.2 Å². The number of unbranched alkanes of at least 4 members (excludes halogenated alkanes) is 1. The van der Waals surface area contributed by atoms with Crippen molar-refractivity contribution in [3.8, 4) is 0 Å². The maximum absolute atomic E-state index is 12.7. The Bertz CT molecular complexity index is 736. The molecule has 0 heterocycles. The topological polar surface area (TPSA) is 146 Å². The van der Waals surface area contributed by atoms with Crippen LogP contribution in [-0.2, 0) is 24.0 Å². The van der Waals surface area contributed by atoms with Crippen molar-refractivity contribution >= 4 is 29.4 Å². The maximum Gasteiger partial charge on any atom is 0.243 e. The number of allylic oxidation sites excluding steroid dienone is 1. The van der Waals surface area contributed by atoms with Gasteiger partial charge in [-0.3, -0.25) is 24.0 Å². The van der Waals surface area contributed by atoms with Gasteiger partial charge in [-0.25, -0.2) is 0 Å². The third kappa shape index (κ3) is 14.3. The molecular weight excluding hydrogens is 450 g/mol. The monoisotopic (exact) mass is 495 g/mol. The summed E-state index contributed by atoms with van der Waals surface area (Å²) in [5, 5.41) is 13.7. The number of likely N-dealkylation sites (N-methyl/N-ethyl adjacent to an activating group) is 1. The van der Waals surface area contributed by atoms with Crippen molar-refractivity contribution in [3.63, 3.8) is 0 Å². The summed E-state index contributed by atoms with van der Waals surface area (Å²) in [5.41, 5.74) is 0. The van der Waals surface area contributed by atoms with E-state index >= 15 is 0 Å². The fourth-order valence-corrected chi connectivity index (χ4v) is 3.54. The highest BCUT2D eigenvalue weighted by Gasteiger charge is 2.27. The van der Waals surface area contributed by atoms with Gasteiger partial charge in [0, 0.05) is 6.54 Å². The number of carbonyl (C=O) groups excluding carboxylic acids is 5. The average Bonchev–Trinajstić information content (AvgIpc) is 2.75. The highest BCUT2D eigenvalue weighted by Crippen LogP contribution is 2.08. The van der Waals surface area contributed by atoms with Gasteiger partial charge in [0.25, 0.3) is 0 Å². The van der Waals surface area contributed by atoms with Crippen LogP contribution in [0.3, 0.4) is 0 Å². The second kappa shape index (κ2) is 17.7. The molecule has 3 atom stereocenters. The number of nitrogens with one attached hydrogen (secondary N) is 5. The molecule has 10 heteroatoms. The summed E-state index contributed by atoms with van der Waals surface area (Å²) < 4.78 is 0. The zero-order valence-corrected chi connectivity index (χ0v) is 22.3. The van der Waals surface area contributed by atoms with E-state index < -0.39 is 29.9 Å². The van der Waals surface area contributed by atoms with Crippen molar-refractivity contribution in [2.45, 2.75) is 85.4 Å². The first kappa shape index (κ1) is 32.2. The van der Waals surface area contributed by atoms with E-state index in [9.17, 15) is 24.0 Å². The second-order valence-corrected chi connectivity index (χ2v) is 9.44. The van der Waals surface area contributed by atoms with Gasteiger partial charge in [0.05, 0.1) is 18.6 Å². The van der Waals surface area contributed by atoms with Crippen molar-refractivity contribution < 1.29 is 24.0 Å². The van der Waals surface area contributed by atoms with Crippen LogP contribution in [0, 0.1) is 11.8 Å². The summed E-state index contributed by atoms with van der Waals surface area (Å²) in [5.74, 6) is -1.36. The first-order chi connectivity index (χ1) is 16.4. The van der Waals surface area contributed by atoms with Crippen molar-refractivity contribution in [2.75, 3.05) is 20.1 Å². The summed E-state index contributed by atoms with van der Waals surface area (Å²) in [6, 6.07) is -1.88. The van der Waals surface area contributed by atoms with Crippen molar-refractivity contribution in [3.05, 3.63) is 12.2 Å². The Kier molecular flexibility index (Phi) is 16.3. The fraction of sp³-hybridized carbons (Fsp3) is 0.720. The van der Waals surface area contributed by atoms with Crippen LogP contribution in [0.2, 0.25) is 0 Å². The van der Waals surface area contributed by atoms with Crippen molar-refractivity contribution in [1.29, 1.82) is 0 Å². The number of hydrogen-bond donors (Lipinski definition) is 5. The number of carbonyl (C=O) groups is 5. The third-order valence-electron chi connectivity index (χ3n) is 5.39. The lowest BCUT2D eigenvalue weighted by molar-refractivity contribution is -0.132. The van der Waals surface area contributed by atoms with E-state index in [1.165, 1.54) is 13.0 Å². The van der Waals surface area contributed by atoms with Gasteiger partial charge in [-0.2, -0.15) is 0 Å². The van der Waals surface area contributed by atoms with Crippen LogP contribution in [0.4, 0.5) is 0 Å². The van der Waals surface area contributed by atoms with Gasteiger partial charge < -0.3 is 26.6 Å². The summed E-state index contributed by atoms with van der Waals surface area (Å²) in [6.07, 6.45) is 5.25. The molecule has 4 amide bonds. The van der Waals surface area contributed by atoms with Crippen LogP contribution in [0.15, 0.2) is 12.2 Å². The molecular formula is C25H45N5O5. The molecule has 0 aromatic heterocycles. The van der Waals surface area contributed by atoms with Crippen molar-refractivity contribution in [1.82, 2.24) is 26.6 Å². The minimum Gasteiger partial charge on any atom is -0.353 e. The zero-order chi connectivity index (χ0) is 27.0. The molecule has 35 heavy (non-hydrogen) atoms. The van der Waals surface area contributed by atoms with E-state index in [0.29, 0.717) is 32.2 Å². The van der Waals surface area contributed by atoms with Crippen LogP contribution in [-0.4, -0.2) is 67.7 Å². The molecule has 0 rings (SSSR count). The van der Waals surface area contributed by atoms with E-state index in [2.05, 4.69) is 26.6 Å². The van der Waals surface area contributed by atoms with Gasteiger partial charge in [0.15, 0.2) is 5.78 Å². The van der Waals surface area contributed by atoms with E-state index in [4.69, 9.17) is 0 Å². The molecule has 0 spiro atoms. The number of Topliss-reactive ketones (excluding diaryl/α,β-unsaturated/α-hetero) is 1. The lowest BCUT2D eigenvalue weighted by Crippen LogP contribution is -2.55. The van der Waals surface area contributed by atoms with E-state index in [1.54, 1.807) is 20.0 Å². The standard InChI is InChI=1S/C25H45N5O5/c1-8-11-21(32)27-13-10-9-12-19(18(6)31)29-22(33)15-28-24(34)20(14-16(2)3)30-25(35)23(26-7)17(4)5/h8,11,16-17,19-20,23,26H,9-10,12-15H2,1-7H3,(H,27,32)(H,28,34)(H,29,33)(H,30,35)/b11-8+. The molecule has 0 aromatic rings. The Labute approximate surface area is 209 Å². The largest absolute Gasteiger partial charge is 0.353 e. The first-order valence-corrected chi connectivity index (χ1v) is 12.4. The quantitative estimate of drug-likeness (QED) is 0.149. The second-order valence-electron chi connectivity index (χ2n) is 9.44. The summed E-state index contributed by atoms with van der Waals surface area (Å²) in [6.45, 7) is 11.0. The smallest absolute Gasteiger partial charge is 0.243 e. The SMILES string of the molecule is C/C=C/C(=O)NCCCCC(NC(=O)CNC(=O)C(CC(C)C)NC(=O)C(NC)C(C)C)C(C)=O. The Balaban J connectivity index is 4.75. The van der Waals surface area contributed by atoms with E-state index in [-0.39, 0.29) is 36.0 Å². The normalized spacial score (nSPS) is 13.9. The summed E-state index contributed by atoms with van der Waals surface area (Å²) in [7, 11) is 1.69. The van der Waals surface area contributed by atoms with Gasteiger partial charge in [-0.15, -0.1) is 0 Å². The van der Waals surface area contributed by atoms with Crippen LogP contribution in [0.25, 0.3) is 0 Å². The molecule has 3 unspecified atom stereocenters. The molecule has 0 saturated carbocycles. The Morgan fingerprint density at radius 1 is 0.857 bits per heavy atom. The molecule has 0 aliphatic heterocycles. The predicted molar refractivity (Wildman–Crippen MR) is 136 cm³/mol. The Hall–Kier alpha value is -2.75. The fourth-order valence-electron chi connectivity index (χ4n) is 3.54. The van der Waals surface area contributed by atoms with Crippen LogP contribution in [0.5, 0.6) is 0 Å². The van der Waals surface area contributed by atoms with Gasteiger partial charge in [-0.05, 0) is 64.5 Å². The lowest BCUT2D eigenvalue weighted by Gasteiger charge is -2.25. The summed E-state index contributed by atoms with van der Waals surface area (Å²) >= 11 is 0. The molecule has 0 radical (unpaired) electrons. The predicted octanol–water partition coefficient (Wildman–Crippen LogP) is 0.814. The molecule has 0 saturated heterocycles. The van der Waals surface area contributed by atoms with Crippen molar-refractivity contribution in [2.24, 2.45) is 11.8 Å². The van der Waals surface area contributed by atoms with E-state index in [0.717, 1.165) is 0 Å². The van der Waals surface area contributed by atoms with E-state index in [1.807, 2.05) is 27.7 Å². The minimum absolute atomic E-state index is 0.0431. The molecule has 200 valence electrons. The number of rotatable bonds is 17. The highest BCUT2D eigenvalue weighted by atomic mass is 16.2. The molecule has 0 aliphatic rings. The number of ketones is 1. The van der Waals surface area contributed by atoms with Gasteiger partial charge >= 0.3 is 0 Å². The first-order valence-electron chi connectivity index (χ1n) is 12.4. The minimum atomic E-state index is -0.772. The Morgan fingerprint density at radius 3 is 2.03 bits per heavy atom. The lowest BCUT2D eigenvalue weighted by atomic mass is 10.00. The summed E-state index contributed by atoms with van der Waals surface area (Å²) in [4.78, 5) is 61.0. The van der Waals surface area contributed by atoms with Gasteiger partial charge in [-0.1, -0.05) is 33.8 Å². The highest BCUT2D eigenvalue weighted by molar-refractivity contribution is 5.93. The zero-order valence-electron chi connectivity index (χ0n) is 22.3. The molecule has 0 aliphatic carbocycles. The Morgan fingerprint density at radius 2 is 1.51 bits per heavy atom. The van der Waals surface area contributed by atoms with Crippen LogP contribution >= 0.6 is 0 Å². The van der Waals surface area contributed by atoms with Crippen LogP contribution < -0.4 is 26.6 Å². The molecule has 0 fully saturated rings. The average molecular weight is 496 g/mol. The molecule has 10 nitrogen and oxygen atoms in total. The third-order valence-corrected chi connectivity index (χ3v) is 5.39. The van der Waals surface area contributed by atoms with Gasteiger partial charge in [0.2, 0.25) is 23.6 Å². The number of amides is 4.